The van der Waals surface area contributed by atoms with Crippen LogP contribution in [-0.2, 0) is 4.74 Å². The van der Waals surface area contributed by atoms with Crippen LogP contribution in [0.3, 0.4) is 0 Å². The molecule has 0 heterocycles. The summed E-state index contributed by atoms with van der Waals surface area (Å²) in [5, 5.41) is 0. The predicted molar refractivity (Wildman–Crippen MR) is 112 cm³/mol. The Morgan fingerprint density at radius 3 is 2.39 bits per heavy atom. The average molecular weight is 390 g/mol. The van der Waals surface area contributed by atoms with Crippen LogP contribution in [0.1, 0.15) is 44.7 Å². The third-order valence-corrected chi connectivity index (χ3v) is 4.55. The van der Waals surface area contributed by atoms with Crippen molar-refractivity contribution >= 4 is 12.2 Å². The Labute approximate surface area is 166 Å². The largest absolute Gasteiger partial charge is 0.491 e. The predicted octanol–water partition coefficient (Wildman–Crippen LogP) is 7.79. The van der Waals surface area contributed by atoms with Gasteiger partial charge in [0.05, 0.1) is 6.61 Å². The van der Waals surface area contributed by atoms with Crippen molar-refractivity contribution < 1.29 is 17.9 Å². The molecule has 0 saturated carbocycles. The van der Waals surface area contributed by atoms with Crippen molar-refractivity contribution in [3.05, 3.63) is 83.9 Å². The van der Waals surface area contributed by atoms with E-state index in [9.17, 15) is 13.2 Å². The molecule has 0 N–H and O–H groups in total. The van der Waals surface area contributed by atoms with Gasteiger partial charge in [0.15, 0.2) is 17.4 Å². The Bertz CT molecular complexity index is 774. The summed E-state index contributed by atoms with van der Waals surface area (Å²) < 4.78 is 47.0. The highest BCUT2D eigenvalue weighted by Crippen LogP contribution is 2.30. The normalized spacial score (nSPS) is 14.4. The Morgan fingerprint density at radius 1 is 1.14 bits per heavy atom. The summed E-state index contributed by atoms with van der Waals surface area (Å²) in [6.45, 7) is 16.3. The maximum atomic E-state index is 14.2. The zero-order valence-corrected chi connectivity index (χ0v) is 16.9. The summed E-state index contributed by atoms with van der Waals surface area (Å²) in [6, 6.07) is 4.93. The molecule has 0 aliphatic rings. The number of allylic oxidation sites excluding steroid dienone is 4. The number of hydrogen-bond donors (Lipinski definition) is 0. The van der Waals surface area contributed by atoms with Gasteiger partial charge < -0.3 is 4.74 Å². The van der Waals surface area contributed by atoms with Crippen LogP contribution in [0.2, 0.25) is 0 Å². The van der Waals surface area contributed by atoms with E-state index in [-0.39, 0.29) is 35.6 Å². The topological polar surface area (TPSA) is 9.23 Å². The first-order chi connectivity index (χ1) is 13.2. The second-order valence-electron chi connectivity index (χ2n) is 6.81. The first kappa shape index (κ1) is 23.5. The fraction of sp³-hybridized carbons (Fsp3) is 0.333. The van der Waals surface area contributed by atoms with E-state index in [4.69, 9.17) is 4.74 Å². The molecule has 0 saturated heterocycles. The van der Waals surface area contributed by atoms with Crippen LogP contribution >= 0.6 is 0 Å². The van der Waals surface area contributed by atoms with E-state index >= 15 is 0 Å². The van der Waals surface area contributed by atoms with Crippen molar-refractivity contribution in [1.82, 2.24) is 0 Å². The lowest BCUT2D eigenvalue weighted by Crippen LogP contribution is -2.04. The Balaban J connectivity index is 2.65. The minimum atomic E-state index is -1.11. The molecule has 2 unspecified atom stereocenters. The number of ether oxygens (including phenoxy) is 1. The van der Waals surface area contributed by atoms with Crippen molar-refractivity contribution in [2.45, 2.75) is 33.6 Å². The summed E-state index contributed by atoms with van der Waals surface area (Å²) >= 11 is 0. The van der Waals surface area contributed by atoms with E-state index in [1.807, 2.05) is 13.0 Å². The fourth-order valence-electron chi connectivity index (χ4n) is 2.57. The van der Waals surface area contributed by atoms with E-state index < -0.39 is 11.7 Å². The van der Waals surface area contributed by atoms with Crippen LogP contribution in [0, 0.1) is 17.7 Å². The smallest absolute Gasteiger partial charge is 0.200 e. The molecule has 0 amide bonds. The van der Waals surface area contributed by atoms with Crippen LogP contribution in [0.5, 0.6) is 0 Å². The summed E-state index contributed by atoms with van der Waals surface area (Å²) in [5.41, 5.74) is 1.31. The zero-order valence-electron chi connectivity index (χ0n) is 16.9. The highest BCUT2D eigenvalue weighted by Gasteiger charge is 2.19. The molecule has 1 aromatic carbocycles. The Kier molecular flexibility index (Phi) is 9.57. The first-order valence-corrected chi connectivity index (χ1v) is 9.37. The summed E-state index contributed by atoms with van der Waals surface area (Å²) in [5.74, 6) is -2.86. The number of hydrogen-bond acceptors (Lipinski definition) is 1. The summed E-state index contributed by atoms with van der Waals surface area (Å²) in [6.07, 6.45) is 6.58. The van der Waals surface area contributed by atoms with E-state index in [0.717, 1.165) is 12.0 Å². The molecular weight excluding hydrogens is 361 g/mol. The van der Waals surface area contributed by atoms with Gasteiger partial charge in [0, 0.05) is 5.56 Å². The van der Waals surface area contributed by atoms with Crippen LogP contribution < -0.4 is 0 Å². The molecule has 28 heavy (non-hydrogen) atoms. The second-order valence-corrected chi connectivity index (χ2v) is 6.81. The first-order valence-electron chi connectivity index (χ1n) is 9.37. The molecule has 0 bridgehead atoms. The van der Waals surface area contributed by atoms with Gasteiger partial charge in [0.25, 0.3) is 0 Å². The van der Waals surface area contributed by atoms with Crippen LogP contribution in [0.25, 0.3) is 12.2 Å². The van der Waals surface area contributed by atoms with Crippen LogP contribution in [0.4, 0.5) is 13.2 Å². The molecule has 1 aromatic rings. The lowest BCUT2D eigenvalue weighted by atomic mass is 9.91. The highest BCUT2D eigenvalue weighted by atomic mass is 19.2. The van der Waals surface area contributed by atoms with Gasteiger partial charge in [-0.2, -0.15) is 4.39 Å². The summed E-state index contributed by atoms with van der Waals surface area (Å²) in [7, 11) is 0. The van der Waals surface area contributed by atoms with Gasteiger partial charge in [-0.3, -0.25) is 0 Å². The van der Waals surface area contributed by atoms with Crippen LogP contribution in [-0.4, -0.2) is 6.61 Å². The van der Waals surface area contributed by atoms with E-state index in [0.29, 0.717) is 12.0 Å². The molecule has 152 valence electrons. The lowest BCUT2D eigenvalue weighted by Gasteiger charge is -2.16. The van der Waals surface area contributed by atoms with E-state index in [2.05, 4.69) is 19.7 Å². The minimum absolute atomic E-state index is 0.0839. The minimum Gasteiger partial charge on any atom is -0.491 e. The van der Waals surface area contributed by atoms with Gasteiger partial charge >= 0.3 is 0 Å². The molecule has 0 aliphatic heterocycles. The Morgan fingerprint density at radius 2 is 1.82 bits per heavy atom. The molecule has 1 rings (SSSR count). The lowest BCUT2D eigenvalue weighted by molar-refractivity contribution is 0.223. The monoisotopic (exact) mass is 390 g/mol. The highest BCUT2D eigenvalue weighted by molar-refractivity contribution is 5.55. The molecular formula is C24H29F3O. The Hall–Kier alpha value is -2.49. The molecule has 1 nitrogen and oxygen atoms in total. The average Bonchev–Trinajstić information content (AvgIpc) is 2.69. The molecule has 0 aliphatic carbocycles. The zero-order chi connectivity index (χ0) is 21.3. The SMILES string of the molecule is C=Cc1ccc(/C=C/C(C)CCC(C)C(=C)/C(F)=C(/F)C(=C)OCC)c(F)c1. The van der Waals surface area contributed by atoms with Gasteiger partial charge in [-0.25, -0.2) is 8.78 Å². The maximum absolute atomic E-state index is 14.2. The number of rotatable bonds is 11. The molecule has 4 heteroatoms. The van der Waals surface area contributed by atoms with Gasteiger partial charge in [-0.15, -0.1) is 0 Å². The van der Waals surface area contributed by atoms with Crippen molar-refractivity contribution in [3.63, 3.8) is 0 Å². The molecule has 0 radical (unpaired) electrons. The second kappa shape index (κ2) is 11.4. The third kappa shape index (κ3) is 6.91. The fourth-order valence-corrected chi connectivity index (χ4v) is 2.57. The third-order valence-electron chi connectivity index (χ3n) is 4.55. The van der Waals surface area contributed by atoms with Gasteiger partial charge in [-0.1, -0.05) is 63.9 Å². The molecule has 0 spiro atoms. The number of halogens is 3. The van der Waals surface area contributed by atoms with Gasteiger partial charge in [0.1, 0.15) is 5.82 Å². The summed E-state index contributed by atoms with van der Waals surface area (Å²) in [4.78, 5) is 0. The molecule has 0 fully saturated rings. The van der Waals surface area contributed by atoms with Crippen molar-refractivity contribution in [1.29, 1.82) is 0 Å². The van der Waals surface area contributed by atoms with Gasteiger partial charge in [-0.05, 0) is 48.8 Å². The van der Waals surface area contributed by atoms with Gasteiger partial charge in [0.2, 0.25) is 0 Å². The standard InChI is InChI=1S/C24H29F3O/c1-7-20-12-14-21(22(25)15-20)13-10-16(3)9-11-17(4)18(5)23(26)24(27)19(6)28-8-2/h7,10,12-17H,1,5-6,8-9,11H2,2-4H3/b13-10+,24-23-. The van der Waals surface area contributed by atoms with Crippen molar-refractivity contribution in [2.24, 2.45) is 11.8 Å². The molecule has 0 aromatic heterocycles. The van der Waals surface area contributed by atoms with E-state index in [1.54, 1.807) is 38.1 Å². The number of benzene rings is 1. The van der Waals surface area contributed by atoms with Crippen LogP contribution in [0.15, 0.2) is 67.0 Å². The van der Waals surface area contributed by atoms with E-state index in [1.165, 1.54) is 6.07 Å². The molecule has 2 atom stereocenters. The maximum Gasteiger partial charge on any atom is 0.200 e. The quantitative estimate of drug-likeness (QED) is 0.277. The van der Waals surface area contributed by atoms with Crippen molar-refractivity contribution in [3.8, 4) is 0 Å². The van der Waals surface area contributed by atoms with Crippen molar-refractivity contribution in [2.75, 3.05) is 6.61 Å².